The lowest BCUT2D eigenvalue weighted by molar-refractivity contribution is -0.167. The largest absolute Gasteiger partial charge is 0.462 e. The van der Waals surface area contributed by atoms with Crippen LogP contribution in [0.3, 0.4) is 0 Å². The van der Waals surface area contributed by atoms with Gasteiger partial charge in [0.2, 0.25) is 0 Å². The molecule has 0 aliphatic rings. The van der Waals surface area contributed by atoms with Gasteiger partial charge in [0.1, 0.15) is 13.2 Å². The molecule has 0 radical (unpaired) electrons. The molecule has 0 aliphatic heterocycles. The lowest BCUT2D eigenvalue weighted by Crippen LogP contribution is -2.30. The Balaban J connectivity index is 4.25. The van der Waals surface area contributed by atoms with Gasteiger partial charge < -0.3 is 14.2 Å². The van der Waals surface area contributed by atoms with Crippen molar-refractivity contribution < 1.29 is 28.6 Å². The van der Waals surface area contributed by atoms with Gasteiger partial charge in [0.15, 0.2) is 6.10 Å². The number of ether oxygens (including phenoxy) is 3. The smallest absolute Gasteiger partial charge is 0.306 e. The van der Waals surface area contributed by atoms with Crippen LogP contribution in [0.25, 0.3) is 0 Å². The molecule has 1 atom stereocenters. The Bertz CT molecular complexity index is 962. The van der Waals surface area contributed by atoms with Crippen LogP contribution < -0.4 is 0 Å². The highest BCUT2D eigenvalue weighted by Crippen LogP contribution is 2.18. The number of esters is 3. The van der Waals surface area contributed by atoms with Crippen molar-refractivity contribution in [2.75, 3.05) is 13.2 Å². The maximum absolute atomic E-state index is 12.8. The monoisotopic (exact) mass is 891 g/mol. The van der Waals surface area contributed by atoms with Crippen LogP contribution in [-0.2, 0) is 28.6 Å². The maximum Gasteiger partial charge on any atom is 0.306 e. The van der Waals surface area contributed by atoms with E-state index in [1.807, 2.05) is 0 Å². The topological polar surface area (TPSA) is 78.9 Å². The number of carbonyl (C=O) groups excluding carboxylic acids is 3. The van der Waals surface area contributed by atoms with Crippen molar-refractivity contribution in [3.8, 4) is 0 Å². The fraction of sp³-hybridized carbons (Fsp3) is 0.947. The lowest BCUT2D eigenvalue weighted by Gasteiger charge is -2.18. The first-order valence-electron chi connectivity index (χ1n) is 28.2. The van der Waals surface area contributed by atoms with E-state index in [4.69, 9.17) is 14.2 Å². The van der Waals surface area contributed by atoms with Crippen molar-refractivity contribution in [3.63, 3.8) is 0 Å². The number of rotatable bonds is 51. The number of hydrogen-bond donors (Lipinski definition) is 0. The molecule has 0 aromatic carbocycles. The second-order valence-corrected chi connectivity index (χ2v) is 20.5. The number of carbonyl (C=O) groups is 3. The number of hydrogen-bond acceptors (Lipinski definition) is 6. The Kier molecular flexibility index (Phi) is 48.6. The first-order chi connectivity index (χ1) is 30.7. The highest BCUT2D eigenvalue weighted by molar-refractivity contribution is 5.71. The van der Waals surface area contributed by atoms with Crippen LogP contribution in [0.1, 0.15) is 317 Å². The minimum absolute atomic E-state index is 0.0628. The van der Waals surface area contributed by atoms with Gasteiger partial charge in [-0.1, -0.05) is 279 Å². The summed E-state index contributed by atoms with van der Waals surface area (Å²) in [4.78, 5) is 38.0. The van der Waals surface area contributed by atoms with E-state index >= 15 is 0 Å². The van der Waals surface area contributed by atoms with Crippen molar-refractivity contribution in [1.82, 2.24) is 0 Å². The van der Waals surface area contributed by atoms with Gasteiger partial charge >= 0.3 is 17.9 Å². The summed E-state index contributed by atoms with van der Waals surface area (Å²) < 4.78 is 16.9. The zero-order valence-electron chi connectivity index (χ0n) is 43.2. The molecule has 0 bridgehead atoms. The molecule has 63 heavy (non-hydrogen) atoms. The molecule has 0 spiro atoms. The molecular weight excluding hydrogens is 781 g/mol. The van der Waals surface area contributed by atoms with Gasteiger partial charge in [-0.3, -0.25) is 14.4 Å². The van der Waals surface area contributed by atoms with E-state index in [1.165, 1.54) is 205 Å². The average Bonchev–Trinajstić information content (AvgIpc) is 3.25. The van der Waals surface area contributed by atoms with Crippen LogP contribution in [0, 0.1) is 11.8 Å². The summed E-state index contributed by atoms with van der Waals surface area (Å²) in [5, 5.41) is 0. The highest BCUT2D eigenvalue weighted by atomic mass is 16.6. The second-order valence-electron chi connectivity index (χ2n) is 20.5. The van der Waals surface area contributed by atoms with Crippen molar-refractivity contribution >= 4 is 17.9 Å². The first-order valence-corrected chi connectivity index (χ1v) is 28.2. The zero-order valence-corrected chi connectivity index (χ0v) is 43.2. The van der Waals surface area contributed by atoms with Gasteiger partial charge in [-0.2, -0.15) is 0 Å². The Morgan fingerprint density at radius 1 is 0.302 bits per heavy atom. The standard InChI is InChI=1S/C57H110O6/c1-6-7-8-9-10-11-20-27-32-37-42-47-55(58)61-50-54(63-57(60)49-44-39-34-29-24-19-18-22-26-31-36-41-46-53(4)5)51-62-56(59)48-43-38-33-28-23-17-15-13-12-14-16-21-25-30-35-40-45-52(2)3/h52-54H,6-51H2,1-5H3/t54-/m1/s1. The summed E-state index contributed by atoms with van der Waals surface area (Å²) in [6.45, 7) is 11.4. The van der Waals surface area contributed by atoms with E-state index in [-0.39, 0.29) is 31.1 Å². The van der Waals surface area contributed by atoms with E-state index < -0.39 is 6.10 Å². The summed E-state index contributed by atoms with van der Waals surface area (Å²) in [5.74, 6) is 0.843. The maximum atomic E-state index is 12.8. The van der Waals surface area contributed by atoms with Gasteiger partial charge in [0, 0.05) is 19.3 Å². The Morgan fingerprint density at radius 3 is 0.778 bits per heavy atom. The average molecular weight is 892 g/mol. The van der Waals surface area contributed by atoms with E-state index in [9.17, 15) is 14.4 Å². The third-order valence-electron chi connectivity index (χ3n) is 13.0. The van der Waals surface area contributed by atoms with Gasteiger partial charge in [-0.25, -0.2) is 0 Å². The molecule has 0 saturated carbocycles. The minimum atomic E-state index is -0.762. The second kappa shape index (κ2) is 49.8. The van der Waals surface area contributed by atoms with Crippen molar-refractivity contribution in [1.29, 1.82) is 0 Å². The number of unbranched alkanes of at least 4 members (excludes halogenated alkanes) is 36. The highest BCUT2D eigenvalue weighted by Gasteiger charge is 2.19. The quantitative estimate of drug-likeness (QED) is 0.0344. The van der Waals surface area contributed by atoms with Crippen molar-refractivity contribution in [2.24, 2.45) is 11.8 Å². The van der Waals surface area contributed by atoms with Gasteiger partial charge in [-0.05, 0) is 31.1 Å². The van der Waals surface area contributed by atoms with Gasteiger partial charge in [-0.15, -0.1) is 0 Å². The normalized spacial score (nSPS) is 12.0. The van der Waals surface area contributed by atoms with Gasteiger partial charge in [0.05, 0.1) is 0 Å². The van der Waals surface area contributed by atoms with Gasteiger partial charge in [0.25, 0.3) is 0 Å². The fourth-order valence-corrected chi connectivity index (χ4v) is 8.70. The molecule has 0 N–H and O–H groups in total. The first kappa shape index (κ1) is 61.4. The minimum Gasteiger partial charge on any atom is -0.462 e. The summed E-state index contributed by atoms with van der Waals surface area (Å²) in [6, 6.07) is 0. The molecule has 0 aliphatic carbocycles. The molecule has 6 nitrogen and oxygen atoms in total. The molecular formula is C57H110O6. The van der Waals surface area contributed by atoms with Crippen LogP contribution >= 0.6 is 0 Å². The third-order valence-corrected chi connectivity index (χ3v) is 13.0. The van der Waals surface area contributed by atoms with E-state index in [2.05, 4.69) is 34.6 Å². The summed E-state index contributed by atoms with van der Waals surface area (Å²) in [5.41, 5.74) is 0. The van der Waals surface area contributed by atoms with Crippen LogP contribution in [0.2, 0.25) is 0 Å². The Morgan fingerprint density at radius 2 is 0.524 bits per heavy atom. The fourth-order valence-electron chi connectivity index (χ4n) is 8.70. The van der Waals surface area contributed by atoms with Crippen LogP contribution in [0.4, 0.5) is 0 Å². The molecule has 0 unspecified atom stereocenters. The molecule has 374 valence electrons. The molecule has 0 heterocycles. The molecule has 6 heteroatoms. The van der Waals surface area contributed by atoms with E-state index in [0.29, 0.717) is 19.3 Å². The summed E-state index contributed by atoms with van der Waals surface area (Å²) in [6.07, 6.45) is 52.3. The molecule has 0 aromatic rings. The van der Waals surface area contributed by atoms with Crippen molar-refractivity contribution in [2.45, 2.75) is 323 Å². The molecule has 0 rings (SSSR count). The lowest BCUT2D eigenvalue weighted by atomic mass is 10.0. The zero-order chi connectivity index (χ0) is 46.1. The summed E-state index contributed by atoms with van der Waals surface area (Å²) >= 11 is 0. The SMILES string of the molecule is CCCCCCCCCCCCCC(=O)OC[C@H](COC(=O)CCCCCCCCCCCCCCCCCCC(C)C)OC(=O)CCCCCCCCCCCCCCC(C)C. The van der Waals surface area contributed by atoms with E-state index in [0.717, 1.165) is 69.6 Å². The Hall–Kier alpha value is -1.59. The molecule has 0 aromatic heterocycles. The predicted molar refractivity (Wildman–Crippen MR) is 270 cm³/mol. The third kappa shape index (κ3) is 51.3. The predicted octanol–water partition coefficient (Wildman–Crippen LogP) is 18.5. The summed E-state index contributed by atoms with van der Waals surface area (Å²) in [7, 11) is 0. The van der Waals surface area contributed by atoms with E-state index in [1.54, 1.807) is 0 Å². The van der Waals surface area contributed by atoms with Crippen molar-refractivity contribution in [3.05, 3.63) is 0 Å². The van der Waals surface area contributed by atoms with Crippen LogP contribution in [-0.4, -0.2) is 37.2 Å². The molecule has 0 amide bonds. The molecule has 0 saturated heterocycles. The Labute approximate surface area is 393 Å². The molecule has 0 fully saturated rings. The van der Waals surface area contributed by atoms with Crippen LogP contribution in [0.5, 0.6) is 0 Å². The van der Waals surface area contributed by atoms with Crippen LogP contribution in [0.15, 0.2) is 0 Å².